The molecule has 2 heterocycles. The maximum Gasteiger partial charge on any atom is 0.0795 e. The molecule has 0 aliphatic rings. The van der Waals surface area contributed by atoms with Crippen molar-refractivity contribution < 1.29 is 0 Å². The van der Waals surface area contributed by atoms with Crippen LogP contribution in [-0.2, 0) is 13.1 Å². The van der Waals surface area contributed by atoms with E-state index in [0.717, 1.165) is 25.3 Å². The van der Waals surface area contributed by atoms with E-state index in [4.69, 9.17) is 0 Å². The normalized spacial score (nSPS) is 11.6. The molecule has 0 aliphatic heterocycles. The van der Waals surface area contributed by atoms with Gasteiger partial charge in [0, 0.05) is 23.6 Å². The third-order valence-electron chi connectivity index (χ3n) is 3.53. The van der Waals surface area contributed by atoms with Crippen molar-refractivity contribution in [3.05, 3.63) is 52.6 Å². The molecular weight excluding hydrogens is 278 g/mol. The highest BCUT2D eigenvalue weighted by atomic mass is 32.1. The van der Waals surface area contributed by atoms with E-state index in [2.05, 4.69) is 64.6 Å². The van der Waals surface area contributed by atoms with E-state index in [0.29, 0.717) is 5.92 Å². The van der Waals surface area contributed by atoms with Crippen LogP contribution in [0.5, 0.6) is 0 Å². The third kappa shape index (κ3) is 3.52. The average Bonchev–Trinajstić information content (AvgIpc) is 3.09. The monoisotopic (exact) mass is 299 g/mol. The molecule has 0 fully saturated rings. The molecule has 0 atom stereocenters. The van der Waals surface area contributed by atoms with E-state index in [1.54, 1.807) is 11.3 Å². The summed E-state index contributed by atoms with van der Waals surface area (Å²) in [6, 6.07) is 8.90. The van der Waals surface area contributed by atoms with E-state index in [1.807, 2.05) is 5.51 Å². The fraction of sp³-hybridized carbons (Fsp3) is 0.353. The number of nitrogens with one attached hydrogen (secondary N) is 1. The largest absolute Gasteiger partial charge is 0.341 e. The van der Waals surface area contributed by atoms with Crippen LogP contribution >= 0.6 is 11.3 Å². The summed E-state index contributed by atoms with van der Waals surface area (Å²) in [4.78, 5) is 4.36. The summed E-state index contributed by atoms with van der Waals surface area (Å²) in [6.07, 6.45) is 2.15. The molecule has 0 saturated heterocycles. The smallest absolute Gasteiger partial charge is 0.0795 e. The molecule has 1 N–H and O–H groups in total. The van der Waals surface area contributed by atoms with E-state index >= 15 is 0 Å². The van der Waals surface area contributed by atoms with Crippen molar-refractivity contribution in [1.82, 2.24) is 14.9 Å². The van der Waals surface area contributed by atoms with Gasteiger partial charge in [-0.05, 0) is 41.6 Å². The first-order valence-electron chi connectivity index (χ1n) is 7.38. The number of thiazole rings is 1. The minimum absolute atomic E-state index is 0.688. The highest BCUT2D eigenvalue weighted by Gasteiger charge is 2.04. The highest BCUT2D eigenvalue weighted by Crippen LogP contribution is 2.19. The molecule has 3 nitrogen and oxygen atoms in total. The summed E-state index contributed by atoms with van der Waals surface area (Å²) < 4.78 is 2.26. The molecule has 0 unspecified atom stereocenters. The number of rotatable bonds is 6. The number of hydrogen-bond donors (Lipinski definition) is 1. The standard InChI is InChI=1S/C17H21N3S/c1-13(2)8-18-9-14-3-4-17-15(7-14)5-6-20(17)10-16-11-21-12-19-16/h3-7,11-13,18H,8-10H2,1-2H3. The molecule has 3 rings (SSSR count). The van der Waals surface area contributed by atoms with Gasteiger partial charge in [-0.25, -0.2) is 4.98 Å². The van der Waals surface area contributed by atoms with Crippen LogP contribution in [0.15, 0.2) is 41.4 Å². The maximum absolute atomic E-state index is 4.36. The van der Waals surface area contributed by atoms with Gasteiger partial charge in [0.2, 0.25) is 0 Å². The van der Waals surface area contributed by atoms with Crippen LogP contribution in [-0.4, -0.2) is 16.1 Å². The number of nitrogens with zero attached hydrogens (tertiary/aromatic N) is 2. The van der Waals surface area contributed by atoms with Crippen molar-refractivity contribution in [2.24, 2.45) is 5.92 Å². The van der Waals surface area contributed by atoms with E-state index in [-0.39, 0.29) is 0 Å². The van der Waals surface area contributed by atoms with Gasteiger partial charge in [0.1, 0.15) is 0 Å². The fourth-order valence-corrected chi connectivity index (χ4v) is 3.04. The lowest BCUT2D eigenvalue weighted by atomic mass is 10.1. The van der Waals surface area contributed by atoms with Gasteiger partial charge in [0.05, 0.1) is 17.7 Å². The first kappa shape index (κ1) is 14.3. The molecule has 2 aromatic heterocycles. The molecule has 21 heavy (non-hydrogen) atoms. The van der Waals surface area contributed by atoms with Crippen LogP contribution in [0.25, 0.3) is 10.9 Å². The summed E-state index contributed by atoms with van der Waals surface area (Å²) in [5, 5.41) is 6.90. The maximum atomic E-state index is 4.36. The Hall–Kier alpha value is -1.65. The highest BCUT2D eigenvalue weighted by molar-refractivity contribution is 7.07. The van der Waals surface area contributed by atoms with Crippen LogP contribution in [0, 0.1) is 5.92 Å². The van der Waals surface area contributed by atoms with Crippen LogP contribution < -0.4 is 5.32 Å². The van der Waals surface area contributed by atoms with Gasteiger partial charge < -0.3 is 9.88 Å². The van der Waals surface area contributed by atoms with Crippen molar-refractivity contribution in [2.75, 3.05) is 6.54 Å². The minimum Gasteiger partial charge on any atom is -0.341 e. The summed E-state index contributed by atoms with van der Waals surface area (Å²) in [6.45, 7) is 7.30. The second-order valence-corrected chi connectivity index (χ2v) is 6.56. The second kappa shape index (κ2) is 6.41. The first-order valence-corrected chi connectivity index (χ1v) is 8.32. The van der Waals surface area contributed by atoms with Gasteiger partial charge in [-0.2, -0.15) is 0 Å². The van der Waals surface area contributed by atoms with Crippen molar-refractivity contribution in [3.63, 3.8) is 0 Å². The van der Waals surface area contributed by atoms with Crippen LogP contribution in [0.1, 0.15) is 25.1 Å². The zero-order valence-corrected chi connectivity index (χ0v) is 13.4. The number of benzene rings is 1. The number of hydrogen-bond acceptors (Lipinski definition) is 3. The predicted molar refractivity (Wildman–Crippen MR) is 89.7 cm³/mol. The summed E-state index contributed by atoms with van der Waals surface area (Å²) in [5.74, 6) is 0.688. The molecule has 0 bridgehead atoms. The van der Waals surface area contributed by atoms with Crippen molar-refractivity contribution >= 4 is 22.2 Å². The lowest BCUT2D eigenvalue weighted by Crippen LogP contribution is -2.18. The Balaban J connectivity index is 1.74. The van der Waals surface area contributed by atoms with Crippen molar-refractivity contribution in [1.29, 1.82) is 0 Å². The Bertz CT molecular complexity index is 698. The Morgan fingerprint density at radius 2 is 2.19 bits per heavy atom. The molecule has 0 saturated carbocycles. The molecule has 1 aromatic carbocycles. The summed E-state index contributed by atoms with van der Waals surface area (Å²) >= 11 is 1.65. The van der Waals surface area contributed by atoms with Crippen LogP contribution in [0.3, 0.4) is 0 Å². The zero-order valence-electron chi connectivity index (χ0n) is 12.5. The SMILES string of the molecule is CC(C)CNCc1ccc2c(ccn2Cc2cscn2)c1. The number of aromatic nitrogens is 2. The minimum atomic E-state index is 0.688. The Labute approximate surface area is 129 Å². The van der Waals surface area contributed by atoms with Gasteiger partial charge in [0.25, 0.3) is 0 Å². The molecular formula is C17H21N3S. The molecule has 0 aliphatic carbocycles. The van der Waals surface area contributed by atoms with E-state index in [1.165, 1.54) is 16.5 Å². The lowest BCUT2D eigenvalue weighted by molar-refractivity contribution is 0.552. The quantitative estimate of drug-likeness (QED) is 0.748. The Morgan fingerprint density at radius 3 is 2.95 bits per heavy atom. The summed E-state index contributed by atoms with van der Waals surface area (Å²) in [5.41, 5.74) is 5.63. The van der Waals surface area contributed by atoms with Gasteiger partial charge in [-0.15, -0.1) is 11.3 Å². The average molecular weight is 299 g/mol. The zero-order chi connectivity index (χ0) is 14.7. The third-order valence-corrected chi connectivity index (χ3v) is 4.17. The van der Waals surface area contributed by atoms with Gasteiger partial charge in [-0.1, -0.05) is 19.9 Å². The molecule has 0 radical (unpaired) electrons. The molecule has 4 heteroatoms. The van der Waals surface area contributed by atoms with Crippen LogP contribution in [0.2, 0.25) is 0 Å². The molecule has 3 aromatic rings. The fourth-order valence-electron chi connectivity index (χ4n) is 2.49. The predicted octanol–water partition coefficient (Wildman–Crippen LogP) is 3.89. The second-order valence-electron chi connectivity index (χ2n) is 5.84. The Kier molecular flexibility index (Phi) is 4.36. The van der Waals surface area contributed by atoms with Crippen LogP contribution in [0.4, 0.5) is 0 Å². The van der Waals surface area contributed by atoms with Gasteiger partial charge in [0.15, 0.2) is 0 Å². The van der Waals surface area contributed by atoms with Gasteiger partial charge >= 0.3 is 0 Å². The molecule has 0 amide bonds. The summed E-state index contributed by atoms with van der Waals surface area (Å²) in [7, 11) is 0. The number of fused-ring (bicyclic) bond motifs is 1. The molecule has 0 spiro atoms. The first-order chi connectivity index (χ1) is 10.2. The van der Waals surface area contributed by atoms with E-state index in [9.17, 15) is 0 Å². The molecule has 110 valence electrons. The van der Waals surface area contributed by atoms with Gasteiger partial charge in [-0.3, -0.25) is 0 Å². The van der Waals surface area contributed by atoms with Crippen molar-refractivity contribution in [2.45, 2.75) is 26.9 Å². The van der Waals surface area contributed by atoms with Crippen molar-refractivity contribution in [3.8, 4) is 0 Å². The topological polar surface area (TPSA) is 29.9 Å². The Morgan fingerprint density at radius 1 is 1.29 bits per heavy atom. The lowest BCUT2D eigenvalue weighted by Gasteiger charge is -2.08. The van der Waals surface area contributed by atoms with E-state index < -0.39 is 0 Å².